The van der Waals surface area contributed by atoms with Crippen molar-refractivity contribution in [1.82, 2.24) is 5.32 Å². The van der Waals surface area contributed by atoms with E-state index < -0.39 is 17.9 Å². The zero-order valence-electron chi connectivity index (χ0n) is 23.7. The summed E-state index contributed by atoms with van der Waals surface area (Å²) in [5.41, 5.74) is 10.3. The Hall–Kier alpha value is -5.17. The average Bonchev–Trinajstić information content (AvgIpc) is 3.02. The van der Waals surface area contributed by atoms with E-state index in [1.807, 2.05) is 91.9 Å². The number of carbonyl (C=O) groups excluding carboxylic acids is 2. The number of ether oxygens (including phenoxy) is 2. The van der Waals surface area contributed by atoms with E-state index in [0.717, 1.165) is 28.0 Å². The Morgan fingerprint density at radius 3 is 2.31 bits per heavy atom. The second-order valence-electron chi connectivity index (χ2n) is 9.72. The molecule has 0 bridgehead atoms. The zero-order valence-corrected chi connectivity index (χ0v) is 23.7. The molecule has 42 heavy (non-hydrogen) atoms. The first-order valence-electron chi connectivity index (χ1n) is 13.8. The smallest absolute Gasteiger partial charge is 0.311 e. The van der Waals surface area contributed by atoms with Crippen LogP contribution in [0.4, 0.5) is 0 Å². The number of methoxy groups -OCH3 is 1. The molecule has 214 valence electrons. The molecule has 1 amide bonds. The highest BCUT2D eigenvalue weighted by Crippen LogP contribution is 2.30. The molecule has 4 aromatic carbocycles. The fourth-order valence-corrected chi connectivity index (χ4v) is 4.71. The maximum absolute atomic E-state index is 13.5. The Bertz CT molecular complexity index is 1550. The van der Waals surface area contributed by atoms with Crippen LogP contribution in [-0.4, -0.2) is 37.5 Å². The van der Waals surface area contributed by atoms with E-state index in [0.29, 0.717) is 17.7 Å². The lowest BCUT2D eigenvalue weighted by Gasteiger charge is -2.24. The van der Waals surface area contributed by atoms with Crippen LogP contribution in [0.3, 0.4) is 0 Å². The van der Waals surface area contributed by atoms with Gasteiger partial charge in [0.2, 0.25) is 0 Å². The molecule has 0 fully saturated rings. The summed E-state index contributed by atoms with van der Waals surface area (Å²) in [6, 6.07) is 31.2. The maximum atomic E-state index is 13.5. The highest BCUT2D eigenvalue weighted by molar-refractivity contribution is 5.96. The van der Waals surface area contributed by atoms with Crippen molar-refractivity contribution < 1.29 is 19.1 Å². The second kappa shape index (κ2) is 14.5. The molecule has 2 atom stereocenters. The van der Waals surface area contributed by atoms with Crippen LogP contribution in [0.5, 0.6) is 5.75 Å². The molecular weight excluding hydrogens is 526 g/mol. The van der Waals surface area contributed by atoms with Crippen molar-refractivity contribution in [2.45, 2.75) is 19.4 Å². The number of amides is 1. The Morgan fingerprint density at radius 2 is 1.62 bits per heavy atom. The summed E-state index contributed by atoms with van der Waals surface area (Å²) in [5, 5.41) is 10.8. The third kappa shape index (κ3) is 7.73. The molecule has 0 aliphatic carbocycles. The van der Waals surface area contributed by atoms with Crippen LogP contribution < -0.4 is 15.8 Å². The van der Waals surface area contributed by atoms with Crippen molar-refractivity contribution in [2.24, 2.45) is 11.7 Å². The Morgan fingerprint density at radius 1 is 0.905 bits per heavy atom. The average molecular weight is 562 g/mol. The number of rotatable bonds is 12. The number of nitrogens with one attached hydrogen (secondary N) is 2. The summed E-state index contributed by atoms with van der Waals surface area (Å²) >= 11 is 0. The summed E-state index contributed by atoms with van der Waals surface area (Å²) in [7, 11) is 1.33. The summed E-state index contributed by atoms with van der Waals surface area (Å²) in [5.74, 6) is -0.813. The van der Waals surface area contributed by atoms with Gasteiger partial charge in [0.05, 0.1) is 25.7 Å². The van der Waals surface area contributed by atoms with Crippen molar-refractivity contribution in [3.63, 3.8) is 0 Å². The van der Waals surface area contributed by atoms with Crippen LogP contribution in [-0.2, 0) is 16.0 Å². The Balaban J connectivity index is 1.63. The monoisotopic (exact) mass is 561 g/mol. The lowest BCUT2D eigenvalue weighted by Crippen LogP contribution is -2.43. The van der Waals surface area contributed by atoms with E-state index in [-0.39, 0.29) is 18.2 Å². The molecule has 0 saturated carbocycles. The number of benzene rings is 4. The van der Waals surface area contributed by atoms with Gasteiger partial charge in [0, 0.05) is 16.7 Å². The molecule has 0 spiro atoms. The van der Waals surface area contributed by atoms with E-state index in [4.69, 9.17) is 20.6 Å². The fourth-order valence-electron chi connectivity index (χ4n) is 4.71. The van der Waals surface area contributed by atoms with Crippen molar-refractivity contribution in [3.05, 3.63) is 131 Å². The largest absolute Gasteiger partial charge is 0.493 e. The van der Waals surface area contributed by atoms with E-state index in [9.17, 15) is 9.59 Å². The first-order chi connectivity index (χ1) is 20.4. The number of amidine groups is 1. The summed E-state index contributed by atoms with van der Waals surface area (Å²) in [6.45, 7) is 2.49. The van der Waals surface area contributed by atoms with Gasteiger partial charge in [0.15, 0.2) is 0 Å². The molecule has 4 rings (SSSR count). The minimum Gasteiger partial charge on any atom is -0.493 e. The van der Waals surface area contributed by atoms with Gasteiger partial charge in [-0.15, -0.1) is 0 Å². The van der Waals surface area contributed by atoms with Gasteiger partial charge in [-0.05, 0) is 54.3 Å². The van der Waals surface area contributed by atoms with Crippen molar-refractivity contribution in [2.75, 3.05) is 13.7 Å². The van der Waals surface area contributed by atoms with Crippen molar-refractivity contribution >= 4 is 23.8 Å². The second-order valence-corrected chi connectivity index (χ2v) is 9.72. The zero-order chi connectivity index (χ0) is 29.9. The van der Waals surface area contributed by atoms with E-state index in [2.05, 4.69) is 5.32 Å². The molecule has 0 radical (unpaired) electrons. The Labute approximate surface area is 246 Å². The standard InChI is InChI=1S/C35H35N3O4/c1-3-42-32-15-8-7-14-29(32)26-17-19-27(20-18-26)34(39)38-31(21-16-24-10-5-4-6-11-24)30(35(40)41-2)23-25-12-9-13-28(22-25)33(36)37/h4-22,30-31H,3,23H2,1-2H3,(H3,36,37)(H,38,39). The third-order valence-corrected chi connectivity index (χ3v) is 6.87. The van der Waals surface area contributed by atoms with Crippen LogP contribution in [0, 0.1) is 11.3 Å². The number of nitrogens with two attached hydrogens (primary N) is 1. The van der Waals surface area contributed by atoms with Gasteiger partial charge in [-0.25, -0.2) is 0 Å². The van der Waals surface area contributed by atoms with Crippen molar-refractivity contribution in [3.8, 4) is 16.9 Å². The molecule has 2 unspecified atom stereocenters. The van der Waals surface area contributed by atoms with E-state index >= 15 is 0 Å². The highest BCUT2D eigenvalue weighted by Gasteiger charge is 2.30. The molecule has 4 N–H and O–H groups in total. The molecule has 7 heteroatoms. The van der Waals surface area contributed by atoms with Crippen molar-refractivity contribution in [1.29, 1.82) is 5.41 Å². The number of para-hydroxylation sites is 1. The molecule has 4 aromatic rings. The minimum atomic E-state index is -0.738. The molecule has 0 aromatic heterocycles. The maximum Gasteiger partial charge on any atom is 0.311 e. The predicted molar refractivity (Wildman–Crippen MR) is 166 cm³/mol. The number of hydrogen-bond donors (Lipinski definition) is 3. The number of esters is 1. The van der Waals surface area contributed by atoms with Crippen LogP contribution >= 0.6 is 0 Å². The lowest BCUT2D eigenvalue weighted by atomic mass is 9.90. The van der Waals surface area contributed by atoms with Crippen LogP contribution in [0.1, 0.15) is 34.0 Å². The minimum absolute atomic E-state index is 0.0624. The topological polar surface area (TPSA) is 115 Å². The molecule has 7 nitrogen and oxygen atoms in total. The van der Waals surface area contributed by atoms with Gasteiger partial charge in [-0.1, -0.05) is 91.0 Å². The Kier molecular flexibility index (Phi) is 10.3. The predicted octanol–water partition coefficient (Wildman–Crippen LogP) is 5.88. The van der Waals surface area contributed by atoms with Gasteiger partial charge in [0.25, 0.3) is 5.91 Å². The molecular formula is C35H35N3O4. The van der Waals surface area contributed by atoms with E-state index in [1.165, 1.54) is 7.11 Å². The summed E-state index contributed by atoms with van der Waals surface area (Å²) in [4.78, 5) is 26.6. The number of carbonyl (C=O) groups is 2. The quantitative estimate of drug-likeness (QED) is 0.114. The lowest BCUT2D eigenvalue weighted by molar-refractivity contribution is -0.145. The normalized spacial score (nSPS) is 12.3. The molecule has 0 saturated heterocycles. The third-order valence-electron chi connectivity index (χ3n) is 6.87. The van der Waals surface area contributed by atoms with Gasteiger partial charge in [-0.2, -0.15) is 0 Å². The fraction of sp³-hybridized carbons (Fsp3) is 0.171. The SMILES string of the molecule is CCOc1ccccc1-c1ccc(C(=O)NC(C=Cc2ccccc2)C(Cc2cccc(C(=N)N)c2)C(=O)OC)cc1. The summed E-state index contributed by atoms with van der Waals surface area (Å²) in [6.07, 6.45) is 3.96. The first kappa shape index (κ1) is 29.8. The molecule has 0 aliphatic rings. The number of nitrogen functional groups attached to an aromatic ring is 1. The van der Waals surface area contributed by atoms with Gasteiger partial charge < -0.3 is 20.5 Å². The summed E-state index contributed by atoms with van der Waals surface area (Å²) < 4.78 is 10.9. The highest BCUT2D eigenvalue weighted by atomic mass is 16.5. The van der Waals surface area contributed by atoms with Crippen LogP contribution in [0.25, 0.3) is 17.2 Å². The van der Waals surface area contributed by atoms with Gasteiger partial charge in [-0.3, -0.25) is 15.0 Å². The number of hydrogen-bond acceptors (Lipinski definition) is 5. The molecule has 0 aliphatic heterocycles. The van der Waals surface area contributed by atoms with Gasteiger partial charge >= 0.3 is 5.97 Å². The van der Waals surface area contributed by atoms with E-state index in [1.54, 1.807) is 30.3 Å². The van der Waals surface area contributed by atoms with Crippen LogP contribution in [0.15, 0.2) is 109 Å². The first-order valence-corrected chi connectivity index (χ1v) is 13.8. The van der Waals surface area contributed by atoms with Crippen LogP contribution in [0.2, 0.25) is 0 Å². The molecule has 0 heterocycles. The van der Waals surface area contributed by atoms with Gasteiger partial charge in [0.1, 0.15) is 11.6 Å².